The van der Waals surface area contributed by atoms with Gasteiger partial charge in [0.25, 0.3) is 5.56 Å². The Bertz CT molecular complexity index is 1330. The molecule has 29 heavy (non-hydrogen) atoms. The molecule has 4 aromatic rings. The first-order valence-electron chi connectivity index (χ1n) is 9.64. The highest BCUT2D eigenvalue weighted by molar-refractivity contribution is 7.99. The molecular formula is C21H21N5OS2. The second-order valence-corrected chi connectivity index (χ2v) is 8.82. The van der Waals surface area contributed by atoms with Crippen LogP contribution < -0.4 is 5.56 Å². The Kier molecular flexibility index (Phi) is 4.77. The largest absolute Gasteiger partial charge is 0.283 e. The van der Waals surface area contributed by atoms with Gasteiger partial charge in [0, 0.05) is 24.6 Å². The summed E-state index contributed by atoms with van der Waals surface area (Å²) in [5.41, 5.74) is 2.56. The predicted molar refractivity (Wildman–Crippen MR) is 121 cm³/mol. The lowest BCUT2D eigenvalue weighted by atomic mass is 10.2. The summed E-state index contributed by atoms with van der Waals surface area (Å²) in [5, 5.41) is 5.46. The summed E-state index contributed by atoms with van der Waals surface area (Å²) in [4.78, 5) is 15.8. The summed E-state index contributed by atoms with van der Waals surface area (Å²) in [5.74, 6) is 2.80. The van der Waals surface area contributed by atoms with E-state index in [-0.39, 0.29) is 5.56 Å². The average Bonchev–Trinajstić information content (AvgIpc) is 3.06. The van der Waals surface area contributed by atoms with Gasteiger partial charge >= 0.3 is 0 Å². The molecule has 0 aliphatic carbocycles. The molecule has 6 nitrogen and oxygen atoms in total. The zero-order valence-electron chi connectivity index (χ0n) is 16.1. The zero-order valence-corrected chi connectivity index (χ0v) is 17.7. The first-order valence-corrected chi connectivity index (χ1v) is 11.2. The van der Waals surface area contributed by atoms with Gasteiger partial charge in [-0.3, -0.25) is 14.1 Å². The number of benzene rings is 2. The van der Waals surface area contributed by atoms with Gasteiger partial charge in [-0.1, -0.05) is 30.3 Å². The summed E-state index contributed by atoms with van der Waals surface area (Å²) in [6.07, 6.45) is 0. The lowest BCUT2D eigenvalue weighted by molar-refractivity contribution is 0.227. The molecule has 0 atom stereocenters. The van der Waals surface area contributed by atoms with Crippen molar-refractivity contribution in [1.29, 1.82) is 0 Å². The molecule has 3 heterocycles. The van der Waals surface area contributed by atoms with Crippen molar-refractivity contribution in [1.82, 2.24) is 23.6 Å². The number of para-hydroxylation sites is 2. The quantitative estimate of drug-likeness (QED) is 0.472. The Morgan fingerprint density at radius 2 is 1.79 bits per heavy atom. The fourth-order valence-corrected chi connectivity index (χ4v) is 5.13. The molecule has 1 aliphatic rings. The van der Waals surface area contributed by atoms with E-state index >= 15 is 0 Å². The Labute approximate surface area is 177 Å². The summed E-state index contributed by atoms with van der Waals surface area (Å²) in [6.45, 7) is 4.68. The summed E-state index contributed by atoms with van der Waals surface area (Å²) >= 11 is 7.80. The van der Waals surface area contributed by atoms with Crippen molar-refractivity contribution in [3.63, 3.8) is 0 Å². The smallest absolute Gasteiger partial charge is 0.267 e. The Morgan fingerprint density at radius 1 is 1.07 bits per heavy atom. The minimum atomic E-state index is -0.0797. The molecule has 2 aromatic carbocycles. The van der Waals surface area contributed by atoms with Gasteiger partial charge in [-0.05, 0) is 42.9 Å². The fraction of sp³-hybridized carbons (Fsp3) is 0.286. The molecule has 1 fully saturated rings. The van der Waals surface area contributed by atoms with Gasteiger partial charge in [0.2, 0.25) is 10.5 Å². The fourth-order valence-electron chi connectivity index (χ4n) is 3.87. The van der Waals surface area contributed by atoms with Crippen molar-refractivity contribution in [2.45, 2.75) is 13.6 Å². The first kappa shape index (κ1) is 18.6. The van der Waals surface area contributed by atoms with Gasteiger partial charge < -0.3 is 0 Å². The second-order valence-electron chi connectivity index (χ2n) is 7.23. The van der Waals surface area contributed by atoms with Crippen molar-refractivity contribution in [2.24, 2.45) is 0 Å². The lowest BCUT2D eigenvalue weighted by Gasteiger charge is -2.25. The van der Waals surface area contributed by atoms with Crippen LogP contribution in [0.15, 0.2) is 53.3 Å². The van der Waals surface area contributed by atoms with Crippen molar-refractivity contribution < 1.29 is 0 Å². The van der Waals surface area contributed by atoms with Gasteiger partial charge in [0.05, 0.1) is 23.3 Å². The molecule has 1 aliphatic heterocycles. The van der Waals surface area contributed by atoms with E-state index in [2.05, 4.69) is 4.90 Å². The van der Waals surface area contributed by atoms with Gasteiger partial charge in [-0.25, -0.2) is 9.25 Å². The van der Waals surface area contributed by atoms with Crippen LogP contribution in [-0.4, -0.2) is 48.2 Å². The summed E-state index contributed by atoms with van der Waals surface area (Å²) in [6, 6.07) is 15.5. The zero-order chi connectivity index (χ0) is 20.0. The van der Waals surface area contributed by atoms with Crippen LogP contribution in [0.1, 0.15) is 5.56 Å². The summed E-state index contributed by atoms with van der Waals surface area (Å²) in [7, 11) is 0. The first-order chi connectivity index (χ1) is 14.1. The molecule has 148 valence electrons. The number of thioether (sulfide) groups is 1. The summed E-state index contributed by atoms with van der Waals surface area (Å²) < 4.78 is 6.07. The molecule has 0 saturated carbocycles. The van der Waals surface area contributed by atoms with Crippen LogP contribution in [0.3, 0.4) is 0 Å². The monoisotopic (exact) mass is 423 g/mol. The van der Waals surface area contributed by atoms with Gasteiger partial charge in [-0.2, -0.15) is 11.8 Å². The Balaban J connectivity index is 1.82. The number of aromatic nitrogens is 4. The number of aryl methyl sites for hydroxylation is 1. The third-order valence-electron chi connectivity index (χ3n) is 5.39. The highest BCUT2D eigenvalue weighted by atomic mass is 32.2. The highest BCUT2D eigenvalue weighted by Crippen LogP contribution is 2.20. The SMILES string of the molecule is Cc1ccccc1-n1c(=O)c2ccccc2n2c(=S)n(CN3CCSCC3)nc12. The third kappa shape index (κ3) is 3.11. The van der Waals surface area contributed by atoms with Gasteiger partial charge in [-0.15, -0.1) is 5.10 Å². The van der Waals surface area contributed by atoms with Crippen LogP contribution in [0.2, 0.25) is 0 Å². The van der Waals surface area contributed by atoms with Crippen molar-refractivity contribution in [3.05, 3.63) is 69.2 Å². The molecule has 0 bridgehead atoms. The highest BCUT2D eigenvalue weighted by Gasteiger charge is 2.19. The molecular weight excluding hydrogens is 402 g/mol. The maximum Gasteiger partial charge on any atom is 0.267 e. The molecule has 0 unspecified atom stereocenters. The minimum Gasteiger partial charge on any atom is -0.283 e. The van der Waals surface area contributed by atoms with E-state index in [1.54, 1.807) is 4.57 Å². The van der Waals surface area contributed by atoms with Crippen molar-refractivity contribution in [3.8, 4) is 5.69 Å². The normalized spacial score (nSPS) is 15.3. The molecule has 0 radical (unpaired) electrons. The van der Waals surface area contributed by atoms with E-state index in [0.717, 1.165) is 41.4 Å². The second kappa shape index (κ2) is 7.44. The standard InChI is InChI=1S/C21H21N5OS2/c1-15-6-2-4-8-17(15)25-19(27)16-7-3-5-9-18(16)26-20(25)22-24(21(26)28)14-23-10-12-29-13-11-23/h2-9H,10-14H2,1H3. The van der Waals surface area contributed by atoms with Gasteiger partial charge in [0.1, 0.15) is 0 Å². The molecule has 0 N–H and O–H groups in total. The molecule has 8 heteroatoms. The maximum absolute atomic E-state index is 13.5. The van der Waals surface area contributed by atoms with Crippen LogP contribution in [0.5, 0.6) is 0 Å². The molecule has 5 rings (SSSR count). The number of hydrogen-bond donors (Lipinski definition) is 0. The third-order valence-corrected chi connectivity index (χ3v) is 6.73. The van der Waals surface area contributed by atoms with Crippen LogP contribution in [0.4, 0.5) is 0 Å². The van der Waals surface area contributed by atoms with E-state index < -0.39 is 0 Å². The number of rotatable bonds is 3. The van der Waals surface area contributed by atoms with Crippen LogP contribution >= 0.6 is 24.0 Å². The number of fused-ring (bicyclic) bond motifs is 3. The molecule has 2 aromatic heterocycles. The topological polar surface area (TPSA) is 47.5 Å². The van der Waals surface area contributed by atoms with Crippen LogP contribution in [-0.2, 0) is 6.67 Å². The molecule has 0 spiro atoms. The van der Waals surface area contributed by atoms with Crippen LogP contribution in [0, 0.1) is 11.7 Å². The van der Waals surface area contributed by atoms with E-state index in [1.165, 1.54) is 0 Å². The minimum absolute atomic E-state index is 0.0797. The predicted octanol–water partition coefficient (Wildman–Crippen LogP) is 3.48. The van der Waals surface area contributed by atoms with E-state index in [1.807, 2.05) is 76.3 Å². The van der Waals surface area contributed by atoms with Crippen molar-refractivity contribution >= 4 is 40.7 Å². The lowest BCUT2D eigenvalue weighted by Crippen LogP contribution is -2.34. The molecule has 1 saturated heterocycles. The van der Waals surface area contributed by atoms with Gasteiger partial charge in [0.15, 0.2) is 0 Å². The number of hydrogen-bond acceptors (Lipinski definition) is 5. The maximum atomic E-state index is 13.5. The van der Waals surface area contributed by atoms with Crippen molar-refractivity contribution in [2.75, 3.05) is 24.6 Å². The average molecular weight is 424 g/mol. The Morgan fingerprint density at radius 3 is 2.59 bits per heavy atom. The molecule has 0 amide bonds. The van der Waals surface area contributed by atoms with E-state index in [9.17, 15) is 4.79 Å². The van der Waals surface area contributed by atoms with E-state index in [0.29, 0.717) is 22.6 Å². The Hall–Kier alpha value is -2.42. The van der Waals surface area contributed by atoms with E-state index in [4.69, 9.17) is 17.3 Å². The number of nitrogens with zero attached hydrogens (tertiary/aromatic N) is 5. The van der Waals surface area contributed by atoms with Crippen LogP contribution in [0.25, 0.3) is 22.4 Å².